The zero-order valence-electron chi connectivity index (χ0n) is 18.9. The van der Waals surface area contributed by atoms with E-state index in [0.717, 1.165) is 21.9 Å². The molecule has 8 heteroatoms. The Morgan fingerprint density at radius 3 is 2.66 bits per heavy atom. The number of hydrogen-bond acceptors (Lipinski definition) is 5. The van der Waals surface area contributed by atoms with Crippen LogP contribution in [0.3, 0.4) is 0 Å². The van der Waals surface area contributed by atoms with Crippen molar-refractivity contribution in [2.24, 2.45) is 0 Å². The van der Waals surface area contributed by atoms with Gasteiger partial charge in [0.25, 0.3) is 11.5 Å². The van der Waals surface area contributed by atoms with Crippen LogP contribution in [0.5, 0.6) is 11.5 Å². The number of nitrogens with zero attached hydrogens (tertiary/aromatic N) is 2. The Morgan fingerprint density at radius 1 is 1.00 bits per heavy atom. The van der Waals surface area contributed by atoms with Gasteiger partial charge in [-0.25, -0.2) is 4.52 Å². The Hall–Kier alpha value is -4.59. The van der Waals surface area contributed by atoms with E-state index in [4.69, 9.17) is 9.47 Å². The molecule has 0 saturated heterocycles. The lowest BCUT2D eigenvalue weighted by molar-refractivity contribution is 0.0934. The monoisotopic (exact) mass is 466 g/mol. The second-order valence-electron chi connectivity index (χ2n) is 8.52. The minimum Gasteiger partial charge on any atom is -0.486 e. The summed E-state index contributed by atoms with van der Waals surface area (Å²) < 4.78 is 12.6. The summed E-state index contributed by atoms with van der Waals surface area (Å²) in [6.45, 7) is 2.89. The number of rotatable bonds is 4. The molecule has 2 N–H and O–H groups in total. The number of H-pyrrole nitrogens is 1. The molecule has 1 atom stereocenters. The highest BCUT2D eigenvalue weighted by Gasteiger charge is 2.19. The molecule has 3 heterocycles. The van der Waals surface area contributed by atoms with Crippen LogP contribution in [0.4, 0.5) is 0 Å². The molecule has 8 nitrogen and oxygen atoms in total. The fraction of sp³-hybridized carbons (Fsp3) is 0.148. The third-order valence-electron chi connectivity index (χ3n) is 6.17. The van der Waals surface area contributed by atoms with Gasteiger partial charge in [-0.3, -0.25) is 9.59 Å². The van der Waals surface area contributed by atoms with Gasteiger partial charge in [0.05, 0.1) is 17.9 Å². The first-order chi connectivity index (χ1) is 17.0. The smallest absolute Gasteiger partial charge is 0.274 e. The lowest BCUT2D eigenvalue weighted by atomic mass is 10.1. The number of nitrogens with one attached hydrogen (secondary N) is 2. The highest BCUT2D eigenvalue weighted by Crippen LogP contribution is 2.32. The van der Waals surface area contributed by atoms with Gasteiger partial charge in [-0.2, -0.15) is 5.10 Å². The van der Waals surface area contributed by atoms with Crippen LogP contribution in [0.2, 0.25) is 0 Å². The first-order valence-corrected chi connectivity index (χ1v) is 11.4. The van der Waals surface area contributed by atoms with Crippen LogP contribution in [0, 0.1) is 0 Å². The zero-order valence-corrected chi connectivity index (χ0v) is 18.9. The average Bonchev–Trinajstić information content (AvgIpc) is 3.33. The van der Waals surface area contributed by atoms with Crippen LogP contribution < -0.4 is 20.3 Å². The van der Waals surface area contributed by atoms with Gasteiger partial charge in [0, 0.05) is 11.6 Å². The summed E-state index contributed by atoms with van der Waals surface area (Å²) in [7, 11) is 0. The van der Waals surface area contributed by atoms with E-state index in [1.165, 1.54) is 10.6 Å². The van der Waals surface area contributed by atoms with Gasteiger partial charge in [0.1, 0.15) is 18.7 Å². The summed E-state index contributed by atoms with van der Waals surface area (Å²) >= 11 is 0. The highest BCUT2D eigenvalue weighted by molar-refractivity contribution is 5.94. The molecule has 0 bridgehead atoms. The third-order valence-corrected chi connectivity index (χ3v) is 6.17. The normalized spacial score (nSPS) is 13.6. The Balaban J connectivity index is 1.27. The molecule has 0 spiro atoms. The van der Waals surface area contributed by atoms with Crippen molar-refractivity contribution < 1.29 is 14.3 Å². The number of fused-ring (bicyclic) bond motifs is 3. The molecule has 0 fully saturated rings. The fourth-order valence-corrected chi connectivity index (χ4v) is 4.30. The number of benzene rings is 3. The summed E-state index contributed by atoms with van der Waals surface area (Å²) in [6.07, 6.45) is 1.72. The molecule has 0 radical (unpaired) electrons. The van der Waals surface area contributed by atoms with Crippen molar-refractivity contribution in [1.29, 1.82) is 0 Å². The van der Waals surface area contributed by atoms with Gasteiger partial charge in [-0.1, -0.05) is 42.5 Å². The number of aromatic amines is 1. The summed E-state index contributed by atoms with van der Waals surface area (Å²) in [5, 5.41) is 9.51. The number of hydrogen-bond donors (Lipinski definition) is 2. The van der Waals surface area contributed by atoms with Crippen LogP contribution in [-0.4, -0.2) is 33.7 Å². The SMILES string of the molecule is CC(NC(=O)c1cc2c(=O)[nH]c(-c3ccc4ccccc4c3)cn2n1)c1ccc2c(c1)OCCO2. The predicted octanol–water partition coefficient (Wildman–Crippen LogP) is 4.11. The van der Waals surface area contributed by atoms with Crippen molar-refractivity contribution >= 4 is 22.2 Å². The molecule has 35 heavy (non-hydrogen) atoms. The topological polar surface area (TPSA) is 97.7 Å². The molecule has 1 amide bonds. The molecule has 5 aromatic rings. The molecular weight excluding hydrogens is 444 g/mol. The fourth-order valence-electron chi connectivity index (χ4n) is 4.30. The zero-order chi connectivity index (χ0) is 23.9. The molecule has 2 aromatic heterocycles. The molecule has 6 rings (SSSR count). The summed E-state index contributed by atoms with van der Waals surface area (Å²) in [4.78, 5) is 28.6. The van der Waals surface area contributed by atoms with Crippen molar-refractivity contribution in [1.82, 2.24) is 19.9 Å². The van der Waals surface area contributed by atoms with Crippen molar-refractivity contribution in [3.8, 4) is 22.8 Å². The highest BCUT2D eigenvalue weighted by atomic mass is 16.6. The van der Waals surface area contributed by atoms with Gasteiger partial charge in [0.15, 0.2) is 17.2 Å². The molecule has 174 valence electrons. The quantitative estimate of drug-likeness (QED) is 0.416. The largest absolute Gasteiger partial charge is 0.486 e. The first-order valence-electron chi connectivity index (χ1n) is 11.4. The molecule has 1 aliphatic heterocycles. The lowest BCUT2D eigenvalue weighted by Crippen LogP contribution is -2.27. The molecule has 0 aliphatic carbocycles. The number of carbonyl (C=O) groups excluding carboxylic acids is 1. The van der Waals surface area contributed by atoms with Crippen LogP contribution in [0.15, 0.2) is 77.7 Å². The van der Waals surface area contributed by atoms with Crippen molar-refractivity contribution in [2.75, 3.05) is 13.2 Å². The Labute approximate surface area is 200 Å². The lowest BCUT2D eigenvalue weighted by Gasteiger charge is -2.21. The maximum Gasteiger partial charge on any atom is 0.274 e. The van der Waals surface area contributed by atoms with E-state index >= 15 is 0 Å². The van der Waals surface area contributed by atoms with E-state index in [1.807, 2.05) is 67.6 Å². The van der Waals surface area contributed by atoms with Gasteiger partial charge in [0.2, 0.25) is 0 Å². The Morgan fingerprint density at radius 2 is 1.80 bits per heavy atom. The van der Waals surface area contributed by atoms with E-state index in [2.05, 4.69) is 15.4 Å². The molecule has 1 unspecified atom stereocenters. The van der Waals surface area contributed by atoms with Crippen molar-refractivity contribution in [3.63, 3.8) is 0 Å². The average molecular weight is 466 g/mol. The number of amides is 1. The maximum atomic E-state index is 12.9. The van der Waals surface area contributed by atoms with Crippen LogP contribution in [0.1, 0.15) is 29.0 Å². The maximum absolute atomic E-state index is 12.9. The minimum absolute atomic E-state index is 0.163. The Kier molecular flexibility index (Phi) is 4.99. The second-order valence-corrected chi connectivity index (χ2v) is 8.52. The summed E-state index contributed by atoms with van der Waals surface area (Å²) in [5.74, 6) is 0.985. The molecule has 1 aliphatic rings. The summed E-state index contributed by atoms with van der Waals surface area (Å²) in [6, 6.07) is 20.8. The molecule has 3 aromatic carbocycles. The predicted molar refractivity (Wildman–Crippen MR) is 132 cm³/mol. The van der Waals surface area contributed by atoms with Crippen molar-refractivity contribution in [3.05, 3.63) is 94.5 Å². The van der Waals surface area contributed by atoms with Gasteiger partial charge in [-0.15, -0.1) is 0 Å². The van der Waals surface area contributed by atoms with E-state index in [-0.39, 0.29) is 23.2 Å². The second kappa shape index (κ2) is 8.32. The van der Waals surface area contributed by atoms with E-state index < -0.39 is 0 Å². The Bertz CT molecular complexity index is 1650. The van der Waals surface area contributed by atoms with Gasteiger partial charge in [-0.05, 0) is 41.5 Å². The molecule has 0 saturated carbocycles. The van der Waals surface area contributed by atoms with E-state index in [9.17, 15) is 9.59 Å². The van der Waals surface area contributed by atoms with Gasteiger partial charge < -0.3 is 19.8 Å². The van der Waals surface area contributed by atoms with Crippen LogP contribution >= 0.6 is 0 Å². The number of ether oxygens (including phenoxy) is 2. The number of carbonyl (C=O) groups is 1. The summed E-state index contributed by atoms with van der Waals surface area (Å²) in [5.41, 5.74) is 2.50. The minimum atomic E-state index is -0.372. The first kappa shape index (κ1) is 21.0. The van der Waals surface area contributed by atoms with Crippen LogP contribution in [0.25, 0.3) is 27.5 Å². The third kappa shape index (κ3) is 3.89. The standard InChI is InChI=1S/C27H22N4O4/c1-16(18-8-9-24-25(13-18)35-11-10-34-24)28-26(32)21-14-23-27(33)29-22(15-31(23)30-21)20-7-6-17-4-2-3-5-19(17)12-20/h2-9,12-16H,10-11H2,1H3,(H,28,32)(H,29,33). The number of aromatic nitrogens is 3. The van der Waals surface area contributed by atoms with E-state index in [0.29, 0.717) is 35.9 Å². The van der Waals surface area contributed by atoms with Gasteiger partial charge >= 0.3 is 0 Å². The van der Waals surface area contributed by atoms with E-state index in [1.54, 1.807) is 6.20 Å². The van der Waals surface area contributed by atoms with Crippen LogP contribution in [-0.2, 0) is 0 Å². The molecular formula is C27H22N4O4. The van der Waals surface area contributed by atoms with Crippen molar-refractivity contribution in [2.45, 2.75) is 13.0 Å².